The monoisotopic (exact) mass is 230 g/mol. The number of nitrogens with zero attached hydrogens (tertiary/aromatic N) is 3. The number of anilines is 1. The summed E-state index contributed by atoms with van der Waals surface area (Å²) in [7, 11) is 1.70. The van der Waals surface area contributed by atoms with Crippen molar-refractivity contribution in [3.8, 4) is 18.4 Å². The van der Waals surface area contributed by atoms with Crippen LogP contribution in [0.2, 0.25) is 0 Å². The number of amides is 1. The van der Waals surface area contributed by atoms with E-state index in [1.165, 1.54) is 4.68 Å². The predicted molar refractivity (Wildman–Crippen MR) is 63.9 cm³/mol. The Morgan fingerprint density at radius 3 is 3.06 bits per heavy atom. The van der Waals surface area contributed by atoms with Crippen molar-refractivity contribution in [2.45, 2.75) is 25.7 Å². The van der Waals surface area contributed by atoms with Gasteiger partial charge in [-0.1, -0.05) is 0 Å². The molecule has 0 spiro atoms. The number of aromatic nitrogens is 2. The molecule has 0 aliphatic heterocycles. The van der Waals surface area contributed by atoms with E-state index >= 15 is 0 Å². The van der Waals surface area contributed by atoms with Crippen molar-refractivity contribution >= 4 is 11.7 Å². The zero-order valence-corrected chi connectivity index (χ0v) is 9.73. The molecule has 1 amide bonds. The molecular weight excluding hydrogens is 216 g/mol. The molecule has 0 unspecified atom stereocenters. The van der Waals surface area contributed by atoms with E-state index in [2.05, 4.69) is 16.3 Å². The van der Waals surface area contributed by atoms with E-state index in [-0.39, 0.29) is 5.91 Å². The lowest BCUT2D eigenvalue weighted by atomic mass is 10.2. The number of terminal acetylenes is 1. The Bertz CT molecular complexity index is 476. The van der Waals surface area contributed by atoms with Gasteiger partial charge in [-0.2, -0.15) is 10.4 Å². The molecule has 0 atom stereocenters. The summed E-state index contributed by atoms with van der Waals surface area (Å²) in [6, 6.07) is 1.97. The van der Waals surface area contributed by atoms with Crippen LogP contribution in [0.4, 0.5) is 5.82 Å². The average molecular weight is 230 g/mol. The van der Waals surface area contributed by atoms with Crippen molar-refractivity contribution in [2.24, 2.45) is 7.05 Å². The minimum atomic E-state index is -0.141. The van der Waals surface area contributed by atoms with E-state index in [9.17, 15) is 4.79 Å². The Morgan fingerprint density at radius 2 is 2.41 bits per heavy atom. The molecule has 0 fully saturated rings. The molecule has 1 N–H and O–H groups in total. The molecule has 0 aliphatic carbocycles. The molecule has 0 bridgehead atoms. The molecule has 1 heterocycles. The van der Waals surface area contributed by atoms with Crippen LogP contribution in [0.1, 0.15) is 31.2 Å². The standard InChI is InChI=1S/C12H14N4O/c1-3-4-5-6-7-11(17)14-12-10(8-13)9-16(2)15-12/h1,9H,4-7H2,2H3,(H,14,15,17). The van der Waals surface area contributed by atoms with Crippen molar-refractivity contribution < 1.29 is 4.79 Å². The third-order valence-corrected chi connectivity index (χ3v) is 2.18. The second-order valence-electron chi connectivity index (χ2n) is 3.64. The second kappa shape index (κ2) is 6.34. The first-order chi connectivity index (χ1) is 8.17. The highest BCUT2D eigenvalue weighted by Gasteiger charge is 2.10. The van der Waals surface area contributed by atoms with Crippen LogP contribution in [-0.4, -0.2) is 15.7 Å². The maximum atomic E-state index is 11.5. The van der Waals surface area contributed by atoms with Gasteiger partial charge in [0.05, 0.1) is 0 Å². The zero-order valence-electron chi connectivity index (χ0n) is 9.73. The first-order valence-electron chi connectivity index (χ1n) is 5.34. The van der Waals surface area contributed by atoms with Crippen LogP contribution in [0.3, 0.4) is 0 Å². The van der Waals surface area contributed by atoms with Crippen molar-refractivity contribution in [3.63, 3.8) is 0 Å². The molecular formula is C12H14N4O. The van der Waals surface area contributed by atoms with Crippen LogP contribution < -0.4 is 5.32 Å². The summed E-state index contributed by atoms with van der Waals surface area (Å²) < 4.78 is 1.49. The lowest BCUT2D eigenvalue weighted by Gasteiger charge is -2.01. The summed E-state index contributed by atoms with van der Waals surface area (Å²) in [6.45, 7) is 0. The molecule has 5 heteroatoms. The number of aryl methyl sites for hydroxylation is 1. The van der Waals surface area contributed by atoms with Crippen LogP contribution in [0.5, 0.6) is 0 Å². The second-order valence-corrected chi connectivity index (χ2v) is 3.64. The molecule has 88 valence electrons. The lowest BCUT2D eigenvalue weighted by Crippen LogP contribution is -2.12. The Hall–Kier alpha value is -2.27. The third-order valence-electron chi connectivity index (χ3n) is 2.18. The number of rotatable bonds is 5. The van der Waals surface area contributed by atoms with Gasteiger partial charge in [0.25, 0.3) is 0 Å². The van der Waals surface area contributed by atoms with Gasteiger partial charge in [0, 0.05) is 26.1 Å². The molecule has 5 nitrogen and oxygen atoms in total. The van der Waals surface area contributed by atoms with Gasteiger partial charge in [0.15, 0.2) is 5.82 Å². The van der Waals surface area contributed by atoms with E-state index in [0.29, 0.717) is 24.2 Å². The number of carbonyl (C=O) groups is 1. The lowest BCUT2D eigenvalue weighted by molar-refractivity contribution is -0.116. The smallest absolute Gasteiger partial charge is 0.225 e. The normalized spacial score (nSPS) is 9.35. The molecule has 0 radical (unpaired) electrons. The number of hydrogen-bond acceptors (Lipinski definition) is 3. The minimum absolute atomic E-state index is 0.141. The number of hydrogen-bond donors (Lipinski definition) is 1. The Labute approximate surface area is 100 Å². The number of nitrogens with one attached hydrogen (secondary N) is 1. The summed E-state index contributed by atoms with van der Waals surface area (Å²) in [4.78, 5) is 11.5. The van der Waals surface area contributed by atoms with Gasteiger partial charge in [-0.3, -0.25) is 9.48 Å². The van der Waals surface area contributed by atoms with Gasteiger partial charge in [0.1, 0.15) is 11.6 Å². The van der Waals surface area contributed by atoms with Gasteiger partial charge in [-0.05, 0) is 12.8 Å². The van der Waals surface area contributed by atoms with Crippen LogP contribution in [0.25, 0.3) is 0 Å². The highest BCUT2D eigenvalue weighted by atomic mass is 16.1. The minimum Gasteiger partial charge on any atom is -0.308 e. The van der Waals surface area contributed by atoms with Crippen molar-refractivity contribution in [1.82, 2.24) is 9.78 Å². The molecule has 0 saturated heterocycles. The SMILES string of the molecule is C#CCCCCC(=O)Nc1nn(C)cc1C#N. The van der Waals surface area contributed by atoms with E-state index in [1.807, 2.05) is 6.07 Å². The Morgan fingerprint density at radius 1 is 1.65 bits per heavy atom. The number of unbranched alkanes of at least 4 members (excludes halogenated alkanes) is 2. The molecule has 1 aromatic rings. The van der Waals surface area contributed by atoms with E-state index in [4.69, 9.17) is 11.7 Å². The average Bonchev–Trinajstić information content (AvgIpc) is 2.65. The summed E-state index contributed by atoms with van der Waals surface area (Å²) >= 11 is 0. The van der Waals surface area contributed by atoms with Gasteiger partial charge in [-0.25, -0.2) is 0 Å². The fraction of sp³-hybridized carbons (Fsp3) is 0.417. The third kappa shape index (κ3) is 4.00. The predicted octanol–water partition coefficient (Wildman–Crippen LogP) is 1.42. The summed E-state index contributed by atoms with van der Waals surface area (Å²) in [5, 5.41) is 15.4. The van der Waals surface area contributed by atoms with Gasteiger partial charge < -0.3 is 5.32 Å². The van der Waals surface area contributed by atoms with Crippen molar-refractivity contribution in [2.75, 3.05) is 5.32 Å². The van der Waals surface area contributed by atoms with E-state index in [0.717, 1.165) is 12.8 Å². The van der Waals surface area contributed by atoms with Crippen LogP contribution in [0, 0.1) is 23.7 Å². The largest absolute Gasteiger partial charge is 0.308 e. The van der Waals surface area contributed by atoms with E-state index < -0.39 is 0 Å². The van der Waals surface area contributed by atoms with Crippen molar-refractivity contribution in [3.05, 3.63) is 11.8 Å². The Kier molecular flexibility index (Phi) is 4.77. The molecule has 0 aromatic carbocycles. The molecule has 0 saturated carbocycles. The fourth-order valence-corrected chi connectivity index (χ4v) is 1.37. The van der Waals surface area contributed by atoms with Crippen LogP contribution >= 0.6 is 0 Å². The quantitative estimate of drug-likeness (QED) is 0.614. The van der Waals surface area contributed by atoms with E-state index in [1.54, 1.807) is 13.2 Å². The Balaban J connectivity index is 2.46. The first-order valence-corrected chi connectivity index (χ1v) is 5.34. The fourth-order valence-electron chi connectivity index (χ4n) is 1.37. The highest BCUT2D eigenvalue weighted by Crippen LogP contribution is 2.11. The maximum absolute atomic E-state index is 11.5. The molecule has 0 aliphatic rings. The van der Waals surface area contributed by atoms with Gasteiger partial charge in [0.2, 0.25) is 5.91 Å². The highest BCUT2D eigenvalue weighted by molar-refractivity contribution is 5.90. The molecule has 1 aromatic heterocycles. The van der Waals surface area contributed by atoms with Crippen LogP contribution in [0.15, 0.2) is 6.20 Å². The summed E-state index contributed by atoms with van der Waals surface area (Å²) in [5.74, 6) is 2.70. The van der Waals surface area contributed by atoms with Crippen molar-refractivity contribution in [1.29, 1.82) is 5.26 Å². The number of carbonyl (C=O) groups excluding carboxylic acids is 1. The zero-order chi connectivity index (χ0) is 12.7. The first kappa shape index (κ1) is 12.8. The topological polar surface area (TPSA) is 70.7 Å². The number of nitriles is 1. The van der Waals surface area contributed by atoms with Gasteiger partial charge in [-0.15, -0.1) is 12.3 Å². The summed E-state index contributed by atoms with van der Waals surface area (Å²) in [5.41, 5.74) is 0.365. The molecule has 1 rings (SSSR count). The van der Waals surface area contributed by atoms with Crippen LogP contribution in [-0.2, 0) is 11.8 Å². The molecule has 17 heavy (non-hydrogen) atoms. The maximum Gasteiger partial charge on any atom is 0.225 e. The van der Waals surface area contributed by atoms with Gasteiger partial charge >= 0.3 is 0 Å². The summed E-state index contributed by atoms with van der Waals surface area (Å²) in [6.07, 6.45) is 9.32.